The maximum absolute atomic E-state index is 8.97. The number of hydrogen-bond acceptors (Lipinski definition) is 3. The monoisotopic (exact) mass is 312 g/mol. The molecule has 0 radical (unpaired) electrons. The van der Waals surface area contributed by atoms with E-state index >= 15 is 0 Å². The Morgan fingerprint density at radius 1 is 1.38 bits per heavy atom. The van der Waals surface area contributed by atoms with Gasteiger partial charge in [0.1, 0.15) is 11.6 Å². The first kappa shape index (κ1) is 11.6. The van der Waals surface area contributed by atoms with Crippen LogP contribution >= 0.6 is 39.1 Å². The van der Waals surface area contributed by atoms with Crippen molar-refractivity contribution < 1.29 is 0 Å². The van der Waals surface area contributed by atoms with Gasteiger partial charge in [-0.05, 0) is 22.7 Å². The Kier molecular flexibility index (Phi) is 3.59. The van der Waals surface area contributed by atoms with Crippen molar-refractivity contribution in [3.63, 3.8) is 0 Å². The van der Waals surface area contributed by atoms with Gasteiger partial charge in [-0.25, -0.2) is 0 Å². The molecule has 0 unspecified atom stereocenters. The van der Waals surface area contributed by atoms with Crippen molar-refractivity contribution >= 4 is 39.1 Å². The summed E-state index contributed by atoms with van der Waals surface area (Å²) in [4.78, 5) is 0.827. The van der Waals surface area contributed by atoms with E-state index < -0.39 is 0 Å². The lowest BCUT2D eigenvalue weighted by atomic mass is 10.1. The first-order valence-electron chi connectivity index (χ1n) is 4.47. The van der Waals surface area contributed by atoms with Crippen molar-refractivity contribution in [1.82, 2.24) is 4.37 Å². The van der Waals surface area contributed by atoms with Crippen LogP contribution in [-0.2, 0) is 5.33 Å². The molecule has 2 rings (SSSR count). The molecule has 0 N–H and O–H groups in total. The van der Waals surface area contributed by atoms with Gasteiger partial charge in [0.2, 0.25) is 0 Å². The molecule has 0 spiro atoms. The number of benzene rings is 1. The van der Waals surface area contributed by atoms with Gasteiger partial charge in [0.15, 0.2) is 5.15 Å². The highest BCUT2D eigenvalue weighted by Gasteiger charge is 2.13. The van der Waals surface area contributed by atoms with Crippen molar-refractivity contribution in [2.45, 2.75) is 5.33 Å². The molecule has 0 fully saturated rings. The molecule has 5 heteroatoms. The number of alkyl halides is 1. The van der Waals surface area contributed by atoms with Crippen LogP contribution in [0, 0.1) is 11.3 Å². The molecule has 0 saturated carbocycles. The highest BCUT2D eigenvalue weighted by atomic mass is 79.9. The average Bonchev–Trinajstić information content (AvgIpc) is 2.70. The highest BCUT2D eigenvalue weighted by molar-refractivity contribution is 9.08. The van der Waals surface area contributed by atoms with E-state index in [9.17, 15) is 0 Å². The molecule has 16 heavy (non-hydrogen) atoms. The van der Waals surface area contributed by atoms with Gasteiger partial charge in [-0.1, -0.05) is 51.8 Å². The second kappa shape index (κ2) is 4.96. The van der Waals surface area contributed by atoms with E-state index in [1.807, 2.05) is 24.3 Å². The molecular formula is C11H6BrClN2S. The quantitative estimate of drug-likeness (QED) is 0.778. The average molecular weight is 314 g/mol. The summed E-state index contributed by atoms with van der Waals surface area (Å²) in [6.07, 6.45) is 0. The summed E-state index contributed by atoms with van der Waals surface area (Å²) >= 11 is 10.5. The number of halogens is 2. The predicted molar refractivity (Wildman–Crippen MR) is 69.9 cm³/mol. The molecule has 0 aliphatic carbocycles. The minimum atomic E-state index is 0.284. The summed E-state index contributed by atoms with van der Waals surface area (Å²) in [5.74, 6) is 0. The van der Waals surface area contributed by atoms with Gasteiger partial charge >= 0.3 is 0 Å². The summed E-state index contributed by atoms with van der Waals surface area (Å²) in [5.41, 5.74) is 2.63. The Balaban J connectivity index is 2.47. The van der Waals surface area contributed by atoms with Gasteiger partial charge in [0.25, 0.3) is 0 Å². The predicted octanol–water partition coefficient (Wildman–Crippen LogP) is 4.23. The number of rotatable bonds is 2. The van der Waals surface area contributed by atoms with Crippen molar-refractivity contribution in [3.05, 3.63) is 40.5 Å². The van der Waals surface area contributed by atoms with Crippen molar-refractivity contribution in [1.29, 1.82) is 5.26 Å². The molecule has 1 aromatic carbocycles. The largest absolute Gasteiger partial charge is 0.192 e. The fraction of sp³-hybridized carbons (Fsp3) is 0.0909. The minimum Gasteiger partial charge on any atom is -0.192 e. The van der Waals surface area contributed by atoms with Gasteiger partial charge in [0, 0.05) is 5.33 Å². The van der Waals surface area contributed by atoms with Crippen LogP contribution in [0.15, 0.2) is 24.3 Å². The number of hydrogen-bond donors (Lipinski definition) is 0. The van der Waals surface area contributed by atoms with E-state index in [2.05, 4.69) is 26.4 Å². The first-order valence-corrected chi connectivity index (χ1v) is 6.74. The topological polar surface area (TPSA) is 36.7 Å². The van der Waals surface area contributed by atoms with Crippen LogP contribution in [0.25, 0.3) is 10.4 Å². The van der Waals surface area contributed by atoms with E-state index in [1.165, 1.54) is 17.1 Å². The van der Waals surface area contributed by atoms with Crippen molar-refractivity contribution in [3.8, 4) is 16.5 Å². The standard InChI is InChI=1S/C11H6BrClN2S/c12-5-7-1-3-8(4-2-7)10-9(6-14)11(13)15-16-10/h1-4H,5H2. The Hall–Kier alpha value is -0.890. The van der Waals surface area contributed by atoms with Gasteiger partial charge in [0.05, 0.1) is 4.88 Å². The fourth-order valence-electron chi connectivity index (χ4n) is 1.31. The molecule has 0 bridgehead atoms. The molecule has 0 aliphatic rings. The van der Waals surface area contributed by atoms with Crippen LogP contribution in [0.4, 0.5) is 0 Å². The molecular weight excluding hydrogens is 308 g/mol. The lowest BCUT2D eigenvalue weighted by Gasteiger charge is -1.99. The third-order valence-corrected chi connectivity index (χ3v) is 4.05. The Labute approximate surface area is 111 Å². The van der Waals surface area contributed by atoms with Crippen LogP contribution in [0.5, 0.6) is 0 Å². The summed E-state index contributed by atoms with van der Waals surface area (Å²) in [6, 6.07) is 10.1. The minimum absolute atomic E-state index is 0.284. The molecule has 0 aliphatic heterocycles. The van der Waals surface area contributed by atoms with Gasteiger partial charge in [-0.2, -0.15) is 9.64 Å². The van der Waals surface area contributed by atoms with Gasteiger partial charge in [-0.3, -0.25) is 0 Å². The molecule has 2 nitrogen and oxygen atoms in total. The lowest BCUT2D eigenvalue weighted by Crippen LogP contribution is -1.80. The van der Waals surface area contributed by atoms with E-state index in [1.54, 1.807) is 0 Å². The fourth-order valence-corrected chi connectivity index (χ4v) is 2.72. The lowest BCUT2D eigenvalue weighted by molar-refractivity contribution is 1.43. The molecule has 2 aromatic rings. The Bertz CT molecular complexity index is 542. The Morgan fingerprint density at radius 3 is 2.62 bits per heavy atom. The van der Waals surface area contributed by atoms with E-state index in [4.69, 9.17) is 16.9 Å². The SMILES string of the molecule is N#Cc1c(Cl)nsc1-c1ccc(CBr)cc1. The number of aromatic nitrogens is 1. The van der Waals surface area contributed by atoms with Gasteiger partial charge in [-0.15, -0.1) is 0 Å². The third-order valence-electron chi connectivity index (χ3n) is 2.13. The van der Waals surface area contributed by atoms with Gasteiger partial charge < -0.3 is 0 Å². The molecule has 1 aromatic heterocycles. The Morgan fingerprint density at radius 2 is 2.06 bits per heavy atom. The second-order valence-electron chi connectivity index (χ2n) is 3.12. The molecule has 0 saturated heterocycles. The maximum atomic E-state index is 8.97. The van der Waals surface area contributed by atoms with Crippen molar-refractivity contribution in [2.75, 3.05) is 0 Å². The van der Waals surface area contributed by atoms with Crippen LogP contribution in [0.2, 0.25) is 5.15 Å². The van der Waals surface area contributed by atoms with E-state index in [-0.39, 0.29) is 5.15 Å². The maximum Gasteiger partial charge on any atom is 0.161 e. The summed E-state index contributed by atoms with van der Waals surface area (Å²) in [5, 5.41) is 10.1. The van der Waals surface area contributed by atoms with Crippen LogP contribution < -0.4 is 0 Å². The normalized spacial score (nSPS) is 10.1. The van der Waals surface area contributed by atoms with Crippen LogP contribution in [-0.4, -0.2) is 4.37 Å². The molecule has 80 valence electrons. The third kappa shape index (κ3) is 2.12. The summed E-state index contributed by atoms with van der Waals surface area (Å²) in [7, 11) is 0. The highest BCUT2D eigenvalue weighted by Crippen LogP contribution is 2.32. The van der Waals surface area contributed by atoms with E-state index in [0.717, 1.165) is 15.8 Å². The summed E-state index contributed by atoms with van der Waals surface area (Å²) < 4.78 is 3.98. The van der Waals surface area contributed by atoms with Crippen LogP contribution in [0.1, 0.15) is 11.1 Å². The summed E-state index contributed by atoms with van der Waals surface area (Å²) in [6.45, 7) is 0. The second-order valence-corrected chi connectivity index (χ2v) is 4.81. The number of nitriles is 1. The molecule has 1 heterocycles. The zero-order chi connectivity index (χ0) is 11.5. The first-order chi connectivity index (χ1) is 7.76. The zero-order valence-electron chi connectivity index (χ0n) is 8.08. The molecule has 0 atom stereocenters. The number of nitrogens with zero attached hydrogens (tertiary/aromatic N) is 2. The zero-order valence-corrected chi connectivity index (χ0v) is 11.2. The van der Waals surface area contributed by atoms with Crippen LogP contribution in [0.3, 0.4) is 0 Å². The van der Waals surface area contributed by atoms with E-state index in [0.29, 0.717) is 5.56 Å². The smallest absolute Gasteiger partial charge is 0.161 e. The van der Waals surface area contributed by atoms with Crippen molar-refractivity contribution in [2.24, 2.45) is 0 Å². The molecule has 0 amide bonds.